The summed E-state index contributed by atoms with van der Waals surface area (Å²) in [5.74, 6) is -0.749. The molecule has 0 unspecified atom stereocenters. The molecule has 10 heteroatoms. The molecule has 1 heterocycles. The van der Waals surface area contributed by atoms with Crippen molar-refractivity contribution in [2.24, 2.45) is 10.8 Å². The van der Waals surface area contributed by atoms with Crippen LogP contribution in [0.25, 0.3) is 10.2 Å². The molecule has 0 saturated heterocycles. The van der Waals surface area contributed by atoms with Crippen molar-refractivity contribution in [3.63, 3.8) is 0 Å². The fraction of sp³-hybridized carbons (Fsp3) is 0. The molecule has 25 heavy (non-hydrogen) atoms. The zero-order valence-corrected chi connectivity index (χ0v) is 14.2. The number of anilines is 1. The smallest absolute Gasteiger partial charge is 0.294 e. The Hall–Kier alpha value is -2.82. The Balaban J connectivity index is 1.89. The summed E-state index contributed by atoms with van der Waals surface area (Å²) in [4.78, 5) is 15.8. The fourth-order valence-corrected chi connectivity index (χ4v) is 3.44. The topological polar surface area (TPSA) is 135 Å². The average molecular weight is 376 g/mol. The number of aromatic nitrogens is 1. The van der Waals surface area contributed by atoms with E-state index in [-0.39, 0.29) is 10.6 Å². The van der Waals surface area contributed by atoms with E-state index in [1.165, 1.54) is 35.6 Å². The van der Waals surface area contributed by atoms with Gasteiger partial charge in [-0.2, -0.15) is 13.5 Å². The number of carbonyl (C=O) groups is 1. The van der Waals surface area contributed by atoms with E-state index >= 15 is 0 Å². The van der Waals surface area contributed by atoms with Crippen LogP contribution in [0.15, 0.2) is 58.5 Å². The number of thiazole rings is 1. The number of hydrogen-bond donors (Lipinski definition) is 3. The highest BCUT2D eigenvalue weighted by Gasteiger charge is 2.16. The quantitative estimate of drug-likeness (QED) is 0.353. The molecule has 0 saturated carbocycles. The number of carbonyl (C=O) groups excluding carboxylic acids is 1. The molecule has 0 spiro atoms. The van der Waals surface area contributed by atoms with Gasteiger partial charge in [-0.3, -0.25) is 14.8 Å². The summed E-state index contributed by atoms with van der Waals surface area (Å²) in [6.45, 7) is 0. The van der Waals surface area contributed by atoms with Crippen molar-refractivity contribution >= 4 is 49.0 Å². The molecule has 3 aromatic rings. The molecule has 8 nitrogen and oxygen atoms in total. The van der Waals surface area contributed by atoms with Crippen molar-refractivity contribution < 1.29 is 17.8 Å². The van der Waals surface area contributed by atoms with Gasteiger partial charge in [0, 0.05) is 0 Å². The number of nitrogens with one attached hydrogen (secondary N) is 1. The van der Waals surface area contributed by atoms with Crippen LogP contribution in [-0.2, 0) is 14.9 Å². The first-order valence-electron chi connectivity index (χ1n) is 6.91. The van der Waals surface area contributed by atoms with Gasteiger partial charge < -0.3 is 5.73 Å². The third kappa shape index (κ3) is 3.82. The van der Waals surface area contributed by atoms with Gasteiger partial charge in [0.2, 0.25) is 0 Å². The summed E-state index contributed by atoms with van der Waals surface area (Å²) in [5.41, 5.74) is 9.10. The van der Waals surface area contributed by atoms with E-state index in [1.807, 2.05) is 24.3 Å². The lowest BCUT2D eigenvalue weighted by atomic mass is 10.3. The van der Waals surface area contributed by atoms with Gasteiger partial charge in [0.15, 0.2) is 10.7 Å². The number of fused-ring (bicyclic) bond motifs is 1. The highest BCUT2D eigenvalue weighted by Crippen LogP contribution is 2.22. The van der Waals surface area contributed by atoms with Crippen LogP contribution in [0.3, 0.4) is 0 Å². The number of nitrogens with two attached hydrogens (primary N) is 1. The lowest BCUT2D eigenvalue weighted by Gasteiger charge is -2.03. The second-order valence-corrected chi connectivity index (χ2v) is 7.37. The number of para-hydroxylation sites is 1. The normalized spacial score (nSPS) is 12.3. The van der Waals surface area contributed by atoms with Gasteiger partial charge in [-0.25, -0.2) is 4.98 Å². The highest BCUT2D eigenvalue weighted by atomic mass is 32.2. The molecule has 3 rings (SSSR count). The second kappa shape index (κ2) is 6.59. The molecule has 1 aromatic heterocycles. The molecule has 128 valence electrons. The van der Waals surface area contributed by atoms with Gasteiger partial charge >= 0.3 is 0 Å². The van der Waals surface area contributed by atoms with E-state index in [4.69, 9.17) is 10.3 Å². The van der Waals surface area contributed by atoms with Crippen molar-refractivity contribution in [2.75, 3.05) is 5.43 Å². The van der Waals surface area contributed by atoms with Crippen LogP contribution in [0.4, 0.5) is 5.69 Å². The monoisotopic (exact) mass is 376 g/mol. The molecule has 4 N–H and O–H groups in total. The summed E-state index contributed by atoms with van der Waals surface area (Å²) in [6, 6.07) is 12.6. The Labute approximate surface area is 146 Å². The predicted octanol–water partition coefficient (Wildman–Crippen LogP) is 1.84. The zero-order chi connectivity index (χ0) is 18.0. The van der Waals surface area contributed by atoms with Gasteiger partial charge in [-0.1, -0.05) is 12.1 Å². The Morgan fingerprint density at radius 1 is 1.16 bits per heavy atom. The van der Waals surface area contributed by atoms with E-state index in [2.05, 4.69) is 15.5 Å². The standard InChI is InChI=1S/C15H12N4O4S2/c16-14(20)13(15-17-11-3-1-2-4-12(11)24-15)19-18-9-5-7-10(8-6-9)25(21,22)23/h1-8,18H,(H2,16,20)(H,21,22,23)/b19-13+. The number of hydrazone groups is 1. The van der Waals surface area contributed by atoms with Gasteiger partial charge in [0.05, 0.1) is 20.8 Å². The van der Waals surface area contributed by atoms with E-state index in [0.29, 0.717) is 10.7 Å². The maximum absolute atomic E-state index is 11.7. The molecule has 0 aliphatic heterocycles. The number of amides is 1. The first kappa shape index (κ1) is 17.0. The Morgan fingerprint density at radius 3 is 2.44 bits per heavy atom. The van der Waals surface area contributed by atoms with E-state index in [1.54, 1.807) is 0 Å². The van der Waals surface area contributed by atoms with E-state index in [0.717, 1.165) is 10.2 Å². The SMILES string of the molecule is NC(=O)/C(=N\Nc1ccc(S(=O)(=O)O)cc1)c1nc2ccccc2s1. The van der Waals surface area contributed by atoms with Crippen LogP contribution < -0.4 is 11.2 Å². The van der Waals surface area contributed by atoms with Crippen molar-refractivity contribution in [1.29, 1.82) is 0 Å². The minimum Gasteiger partial charge on any atom is -0.364 e. The molecular formula is C15H12N4O4S2. The molecule has 1 amide bonds. The van der Waals surface area contributed by atoms with Gasteiger partial charge in [0.25, 0.3) is 16.0 Å². The van der Waals surface area contributed by atoms with Crippen LogP contribution >= 0.6 is 11.3 Å². The Kier molecular flexibility index (Phi) is 4.49. The van der Waals surface area contributed by atoms with E-state index < -0.39 is 16.0 Å². The number of nitrogens with zero attached hydrogens (tertiary/aromatic N) is 2. The molecule has 2 aromatic carbocycles. The average Bonchev–Trinajstić information content (AvgIpc) is 2.98. The van der Waals surface area contributed by atoms with Gasteiger partial charge in [-0.05, 0) is 36.4 Å². The summed E-state index contributed by atoms with van der Waals surface area (Å²) in [7, 11) is -4.27. The lowest BCUT2D eigenvalue weighted by molar-refractivity contribution is -0.111. The zero-order valence-electron chi connectivity index (χ0n) is 12.6. The van der Waals surface area contributed by atoms with Crippen LogP contribution in [0, 0.1) is 0 Å². The molecule has 0 bridgehead atoms. The lowest BCUT2D eigenvalue weighted by Crippen LogP contribution is -2.25. The Bertz CT molecular complexity index is 1040. The van der Waals surface area contributed by atoms with Gasteiger partial charge in [0.1, 0.15) is 0 Å². The number of rotatable bonds is 5. The van der Waals surface area contributed by atoms with Crippen molar-refractivity contribution in [3.05, 3.63) is 53.5 Å². The molecule has 0 aliphatic carbocycles. The first-order chi connectivity index (χ1) is 11.8. The second-order valence-electron chi connectivity index (χ2n) is 4.92. The van der Waals surface area contributed by atoms with Gasteiger partial charge in [-0.15, -0.1) is 11.3 Å². The maximum atomic E-state index is 11.7. The number of primary amides is 1. The molecule has 0 aliphatic rings. The third-order valence-electron chi connectivity index (χ3n) is 3.18. The Morgan fingerprint density at radius 2 is 1.84 bits per heavy atom. The predicted molar refractivity (Wildman–Crippen MR) is 95.2 cm³/mol. The summed E-state index contributed by atoms with van der Waals surface area (Å²) < 4.78 is 31.9. The van der Waals surface area contributed by atoms with E-state index in [9.17, 15) is 13.2 Å². The summed E-state index contributed by atoms with van der Waals surface area (Å²) in [5, 5.41) is 4.35. The fourth-order valence-electron chi connectivity index (χ4n) is 2.00. The van der Waals surface area contributed by atoms with Crippen molar-refractivity contribution in [1.82, 2.24) is 4.98 Å². The first-order valence-corrected chi connectivity index (χ1v) is 9.17. The minimum atomic E-state index is -4.27. The van der Waals surface area contributed by atoms with Crippen LogP contribution in [0.1, 0.15) is 5.01 Å². The molecule has 0 fully saturated rings. The van der Waals surface area contributed by atoms with Crippen LogP contribution in [0.5, 0.6) is 0 Å². The van der Waals surface area contributed by atoms with Crippen LogP contribution in [-0.4, -0.2) is 29.6 Å². The van der Waals surface area contributed by atoms with Crippen LogP contribution in [0.2, 0.25) is 0 Å². The third-order valence-corrected chi connectivity index (χ3v) is 5.09. The highest BCUT2D eigenvalue weighted by molar-refractivity contribution is 7.85. The molecule has 0 atom stereocenters. The molecular weight excluding hydrogens is 364 g/mol. The number of benzene rings is 2. The largest absolute Gasteiger partial charge is 0.364 e. The number of hydrogen-bond acceptors (Lipinski definition) is 7. The molecule has 0 radical (unpaired) electrons. The maximum Gasteiger partial charge on any atom is 0.294 e. The van der Waals surface area contributed by atoms with Crippen molar-refractivity contribution in [2.45, 2.75) is 4.90 Å². The van der Waals surface area contributed by atoms with Crippen molar-refractivity contribution in [3.8, 4) is 0 Å². The minimum absolute atomic E-state index is 0.0416. The summed E-state index contributed by atoms with van der Waals surface area (Å²) in [6.07, 6.45) is 0. The summed E-state index contributed by atoms with van der Waals surface area (Å²) >= 11 is 1.28.